The second-order valence-electron chi connectivity index (χ2n) is 7.30. The molecule has 0 aliphatic rings. The van der Waals surface area contributed by atoms with Crippen LogP contribution in [0.4, 0.5) is 13.2 Å². The second-order valence-corrected chi connectivity index (χ2v) is 8.87. The molecule has 0 spiro atoms. The van der Waals surface area contributed by atoms with Crippen molar-refractivity contribution in [1.29, 1.82) is 0 Å². The SMILES string of the molecule is COc1cccc(CC(=O)NN=Cc2c(CS(=O)(=O)Oc3ccccc3)cccc2C(F)(F)F)c1. The number of halogens is 3. The van der Waals surface area contributed by atoms with Crippen LogP contribution < -0.4 is 14.3 Å². The molecule has 0 heterocycles. The molecule has 0 atom stereocenters. The maximum Gasteiger partial charge on any atom is 0.417 e. The van der Waals surface area contributed by atoms with Gasteiger partial charge in [-0.1, -0.05) is 42.5 Å². The molecular formula is C24H21F3N2O5S. The van der Waals surface area contributed by atoms with E-state index in [2.05, 4.69) is 10.5 Å². The molecule has 0 aliphatic carbocycles. The van der Waals surface area contributed by atoms with Crippen molar-refractivity contribution in [3.8, 4) is 11.5 Å². The number of hydrazone groups is 1. The molecule has 3 rings (SSSR count). The standard InChI is InChI=1S/C24H21F3N2O5S/c1-33-20-11-5-7-17(13-20)14-23(30)29-28-15-21-18(8-6-12-22(21)24(25,26)27)16-35(31,32)34-19-9-3-2-4-10-19/h2-13,15H,14,16H2,1H3,(H,29,30). The van der Waals surface area contributed by atoms with E-state index >= 15 is 0 Å². The van der Waals surface area contributed by atoms with Gasteiger partial charge < -0.3 is 8.92 Å². The molecule has 7 nitrogen and oxygen atoms in total. The minimum Gasteiger partial charge on any atom is -0.497 e. The van der Waals surface area contributed by atoms with Crippen LogP contribution in [0.25, 0.3) is 0 Å². The molecule has 0 aromatic heterocycles. The van der Waals surface area contributed by atoms with Crippen molar-refractivity contribution in [2.24, 2.45) is 5.10 Å². The van der Waals surface area contributed by atoms with Crippen LogP contribution in [0.3, 0.4) is 0 Å². The normalized spacial score (nSPS) is 11.9. The molecule has 1 N–H and O–H groups in total. The van der Waals surface area contributed by atoms with Crippen molar-refractivity contribution in [2.45, 2.75) is 18.3 Å². The van der Waals surface area contributed by atoms with Crippen LogP contribution in [0, 0.1) is 0 Å². The predicted molar refractivity (Wildman–Crippen MR) is 124 cm³/mol. The van der Waals surface area contributed by atoms with Crippen molar-refractivity contribution in [3.05, 3.63) is 95.1 Å². The molecule has 3 aromatic rings. The minimum atomic E-state index is -4.79. The van der Waals surface area contributed by atoms with E-state index in [9.17, 15) is 26.4 Å². The predicted octanol–water partition coefficient (Wildman–Crippen LogP) is 4.32. The van der Waals surface area contributed by atoms with Crippen LogP contribution in [0.1, 0.15) is 22.3 Å². The highest BCUT2D eigenvalue weighted by Gasteiger charge is 2.34. The van der Waals surface area contributed by atoms with Gasteiger partial charge in [-0.05, 0) is 41.5 Å². The Labute approximate surface area is 200 Å². The average molecular weight is 507 g/mol. The first-order valence-corrected chi connectivity index (χ1v) is 11.8. The largest absolute Gasteiger partial charge is 0.497 e. The van der Waals surface area contributed by atoms with Crippen LogP contribution in [0.5, 0.6) is 11.5 Å². The minimum absolute atomic E-state index is 0.0273. The highest BCUT2D eigenvalue weighted by Crippen LogP contribution is 2.33. The van der Waals surface area contributed by atoms with Gasteiger partial charge in [-0.25, -0.2) is 5.43 Å². The summed E-state index contributed by atoms with van der Waals surface area (Å²) < 4.78 is 75.9. The summed E-state index contributed by atoms with van der Waals surface area (Å²) in [7, 11) is -2.81. The molecule has 0 aliphatic heterocycles. The van der Waals surface area contributed by atoms with Crippen molar-refractivity contribution in [2.75, 3.05) is 7.11 Å². The van der Waals surface area contributed by atoms with Crippen LogP contribution in [-0.4, -0.2) is 27.6 Å². The summed E-state index contributed by atoms with van der Waals surface area (Å²) >= 11 is 0. The van der Waals surface area contributed by atoms with Gasteiger partial charge in [-0.15, -0.1) is 0 Å². The number of nitrogens with zero attached hydrogens (tertiary/aromatic N) is 1. The number of methoxy groups -OCH3 is 1. The molecule has 35 heavy (non-hydrogen) atoms. The number of para-hydroxylation sites is 1. The van der Waals surface area contributed by atoms with Crippen molar-refractivity contribution < 1.29 is 35.3 Å². The van der Waals surface area contributed by atoms with Gasteiger partial charge in [0.05, 0.1) is 25.3 Å². The van der Waals surface area contributed by atoms with Gasteiger partial charge in [-0.2, -0.15) is 26.7 Å². The van der Waals surface area contributed by atoms with Gasteiger partial charge in [0.25, 0.3) is 0 Å². The van der Waals surface area contributed by atoms with E-state index in [1.165, 1.54) is 25.3 Å². The number of rotatable bonds is 9. The Hall–Kier alpha value is -3.86. The molecule has 0 fully saturated rings. The highest BCUT2D eigenvalue weighted by atomic mass is 32.2. The van der Waals surface area contributed by atoms with E-state index in [0.717, 1.165) is 18.3 Å². The molecule has 0 saturated carbocycles. The van der Waals surface area contributed by atoms with E-state index in [1.54, 1.807) is 42.5 Å². The van der Waals surface area contributed by atoms with Gasteiger partial charge >= 0.3 is 16.3 Å². The van der Waals surface area contributed by atoms with Gasteiger partial charge in [-0.3, -0.25) is 4.79 Å². The van der Waals surface area contributed by atoms with E-state index in [0.29, 0.717) is 11.3 Å². The Bertz CT molecular complexity index is 1310. The Morgan fingerprint density at radius 3 is 2.37 bits per heavy atom. The first kappa shape index (κ1) is 25.8. The van der Waals surface area contributed by atoms with Crippen LogP contribution in [-0.2, 0) is 33.3 Å². The maximum absolute atomic E-state index is 13.6. The zero-order chi connectivity index (χ0) is 25.5. The average Bonchev–Trinajstić information content (AvgIpc) is 2.79. The number of benzene rings is 3. The lowest BCUT2D eigenvalue weighted by Gasteiger charge is -2.14. The molecule has 0 saturated heterocycles. The van der Waals surface area contributed by atoms with Crippen LogP contribution in [0.2, 0.25) is 0 Å². The third-order valence-corrected chi connectivity index (χ3v) is 5.79. The third kappa shape index (κ3) is 7.57. The summed E-state index contributed by atoms with van der Waals surface area (Å²) in [4.78, 5) is 12.2. The van der Waals surface area contributed by atoms with E-state index in [4.69, 9.17) is 8.92 Å². The number of hydrogen-bond donors (Lipinski definition) is 1. The zero-order valence-electron chi connectivity index (χ0n) is 18.5. The van der Waals surface area contributed by atoms with E-state index in [1.807, 2.05) is 0 Å². The van der Waals surface area contributed by atoms with Crippen LogP contribution in [0.15, 0.2) is 77.9 Å². The number of hydrogen-bond acceptors (Lipinski definition) is 6. The lowest BCUT2D eigenvalue weighted by molar-refractivity contribution is -0.137. The van der Waals surface area contributed by atoms with Gasteiger partial charge in [0.2, 0.25) is 5.91 Å². The van der Waals surface area contributed by atoms with Gasteiger partial charge in [0.15, 0.2) is 0 Å². The summed E-state index contributed by atoms with van der Waals surface area (Å²) in [6.45, 7) is 0. The fraction of sp³-hybridized carbons (Fsp3) is 0.167. The maximum atomic E-state index is 13.6. The number of ether oxygens (including phenoxy) is 1. The fourth-order valence-corrected chi connectivity index (χ4v) is 4.25. The smallest absolute Gasteiger partial charge is 0.417 e. The first-order chi connectivity index (χ1) is 16.6. The molecule has 11 heteroatoms. The topological polar surface area (TPSA) is 94.1 Å². The number of carbonyl (C=O) groups excluding carboxylic acids is 1. The van der Waals surface area contributed by atoms with E-state index in [-0.39, 0.29) is 17.7 Å². The Kier molecular flexibility index (Phi) is 8.13. The molecule has 0 radical (unpaired) electrons. The second kappa shape index (κ2) is 11.0. The highest BCUT2D eigenvalue weighted by molar-refractivity contribution is 7.86. The quantitative estimate of drug-likeness (QED) is 0.265. The summed E-state index contributed by atoms with van der Waals surface area (Å²) in [5, 5.41) is 3.64. The zero-order valence-corrected chi connectivity index (χ0v) is 19.3. The lowest BCUT2D eigenvalue weighted by Crippen LogP contribution is -2.21. The first-order valence-electron chi connectivity index (χ1n) is 10.2. The van der Waals surface area contributed by atoms with Gasteiger partial charge in [0.1, 0.15) is 17.3 Å². The summed E-state index contributed by atoms with van der Waals surface area (Å²) in [6, 6.07) is 17.4. The Morgan fingerprint density at radius 2 is 1.69 bits per heavy atom. The Morgan fingerprint density at radius 1 is 1.00 bits per heavy atom. The monoisotopic (exact) mass is 506 g/mol. The number of amides is 1. The summed E-state index contributed by atoms with van der Waals surface area (Å²) in [5.74, 6) is -0.855. The molecule has 0 unspecified atom stereocenters. The molecule has 0 bridgehead atoms. The van der Waals surface area contributed by atoms with E-state index < -0.39 is 39.1 Å². The summed E-state index contributed by atoms with van der Waals surface area (Å²) in [5.41, 5.74) is 0.984. The number of nitrogens with one attached hydrogen (secondary N) is 1. The van der Waals surface area contributed by atoms with Crippen LogP contribution >= 0.6 is 0 Å². The van der Waals surface area contributed by atoms with Crippen molar-refractivity contribution in [1.82, 2.24) is 5.43 Å². The van der Waals surface area contributed by atoms with Gasteiger partial charge in [0, 0.05) is 5.56 Å². The third-order valence-electron chi connectivity index (χ3n) is 4.68. The lowest BCUT2D eigenvalue weighted by atomic mass is 10.0. The number of alkyl halides is 3. The molecule has 184 valence electrons. The number of carbonyl (C=O) groups is 1. The Balaban J connectivity index is 1.81. The van der Waals surface area contributed by atoms with Crippen molar-refractivity contribution in [3.63, 3.8) is 0 Å². The molecule has 1 amide bonds. The fourth-order valence-electron chi connectivity index (χ4n) is 3.16. The van der Waals surface area contributed by atoms with Crippen molar-refractivity contribution >= 4 is 22.2 Å². The molecule has 3 aromatic carbocycles. The summed E-state index contributed by atoms with van der Waals surface area (Å²) in [6.07, 6.45) is -4.10. The molecular weight excluding hydrogens is 485 g/mol.